The van der Waals surface area contributed by atoms with Crippen LogP contribution in [0, 0.1) is 5.41 Å². The molecule has 2 aliphatic heterocycles. The number of carbonyl (C=O) groups is 1. The zero-order valence-corrected chi connectivity index (χ0v) is 13.3. The van der Waals surface area contributed by atoms with Crippen molar-refractivity contribution in [2.45, 2.75) is 19.3 Å². The van der Waals surface area contributed by atoms with Crippen LogP contribution in [0.3, 0.4) is 0 Å². The first-order chi connectivity index (χ1) is 10.3. The molecule has 3 heterocycles. The number of furan rings is 1. The van der Waals surface area contributed by atoms with Crippen molar-refractivity contribution in [1.82, 2.24) is 10.2 Å². The van der Waals surface area contributed by atoms with Crippen molar-refractivity contribution in [2.24, 2.45) is 5.41 Å². The van der Waals surface area contributed by atoms with Crippen LogP contribution in [-0.2, 0) is 0 Å². The number of likely N-dealkylation sites (tertiary alicyclic amines) is 1. The predicted molar refractivity (Wildman–Crippen MR) is 88.5 cm³/mol. The Morgan fingerprint density at radius 2 is 1.95 bits per heavy atom. The van der Waals surface area contributed by atoms with Crippen LogP contribution < -0.4 is 5.32 Å². The molecule has 2 aromatic rings. The molecule has 1 spiro atoms. The number of fused-ring (bicyclic) bond motifs is 1. The van der Waals surface area contributed by atoms with E-state index < -0.39 is 0 Å². The molecule has 2 fully saturated rings. The Balaban J connectivity index is 0.00000144. The number of amides is 1. The van der Waals surface area contributed by atoms with Crippen molar-refractivity contribution in [3.05, 3.63) is 36.1 Å². The highest BCUT2D eigenvalue weighted by atomic mass is 35.5. The van der Waals surface area contributed by atoms with Gasteiger partial charge in [-0.25, -0.2) is 0 Å². The van der Waals surface area contributed by atoms with E-state index >= 15 is 0 Å². The Bertz CT molecular complexity index is 633. The second kappa shape index (κ2) is 5.94. The summed E-state index contributed by atoms with van der Waals surface area (Å²) in [7, 11) is 0. The molecule has 22 heavy (non-hydrogen) atoms. The number of benzene rings is 1. The zero-order chi connectivity index (χ0) is 14.3. The molecule has 0 bridgehead atoms. The molecule has 0 saturated carbocycles. The molecule has 1 aromatic heterocycles. The average molecular weight is 321 g/mol. The van der Waals surface area contributed by atoms with Crippen LogP contribution in [0.4, 0.5) is 0 Å². The summed E-state index contributed by atoms with van der Waals surface area (Å²) in [5.41, 5.74) is 1.22. The van der Waals surface area contributed by atoms with E-state index in [1.165, 1.54) is 6.42 Å². The van der Waals surface area contributed by atoms with E-state index in [4.69, 9.17) is 4.42 Å². The molecular weight excluding hydrogens is 300 g/mol. The lowest BCUT2D eigenvalue weighted by atomic mass is 9.78. The summed E-state index contributed by atoms with van der Waals surface area (Å²) in [4.78, 5) is 14.5. The molecule has 0 radical (unpaired) electrons. The van der Waals surface area contributed by atoms with E-state index in [1.54, 1.807) is 0 Å². The van der Waals surface area contributed by atoms with Crippen molar-refractivity contribution >= 4 is 29.3 Å². The van der Waals surface area contributed by atoms with Crippen molar-refractivity contribution in [3.63, 3.8) is 0 Å². The molecule has 0 atom stereocenters. The highest BCUT2D eigenvalue weighted by Crippen LogP contribution is 2.37. The predicted octanol–water partition coefficient (Wildman–Crippen LogP) is 3.07. The van der Waals surface area contributed by atoms with Gasteiger partial charge in [-0.1, -0.05) is 18.2 Å². The monoisotopic (exact) mass is 320 g/mol. The van der Waals surface area contributed by atoms with Crippen molar-refractivity contribution in [3.8, 4) is 0 Å². The fourth-order valence-electron chi connectivity index (χ4n) is 3.65. The maximum absolute atomic E-state index is 12.6. The normalized spacial score (nSPS) is 20.3. The van der Waals surface area contributed by atoms with Gasteiger partial charge in [0.05, 0.1) is 0 Å². The van der Waals surface area contributed by atoms with Gasteiger partial charge in [0.15, 0.2) is 5.76 Å². The SMILES string of the molecule is Cl.O=C(c1cc2ccccc2o1)N1CCC2(CCNC2)CC1. The largest absolute Gasteiger partial charge is 0.451 e. The van der Waals surface area contributed by atoms with Gasteiger partial charge in [0.2, 0.25) is 0 Å². The minimum Gasteiger partial charge on any atom is -0.451 e. The third-order valence-electron chi connectivity index (χ3n) is 5.08. The number of hydrogen-bond acceptors (Lipinski definition) is 3. The van der Waals surface area contributed by atoms with Crippen molar-refractivity contribution < 1.29 is 9.21 Å². The summed E-state index contributed by atoms with van der Waals surface area (Å²) in [6.45, 7) is 3.92. The number of para-hydroxylation sites is 1. The number of piperidine rings is 1. The molecule has 1 aromatic carbocycles. The van der Waals surface area contributed by atoms with Gasteiger partial charge in [0.1, 0.15) is 5.58 Å². The van der Waals surface area contributed by atoms with E-state index in [0.29, 0.717) is 11.2 Å². The number of nitrogens with zero attached hydrogens (tertiary/aromatic N) is 1. The Labute approximate surface area is 136 Å². The fourth-order valence-corrected chi connectivity index (χ4v) is 3.65. The van der Waals surface area contributed by atoms with E-state index in [1.807, 2.05) is 35.2 Å². The molecule has 4 nitrogen and oxygen atoms in total. The van der Waals surface area contributed by atoms with Crippen LogP contribution in [0.15, 0.2) is 34.7 Å². The molecule has 5 heteroatoms. The number of rotatable bonds is 1. The summed E-state index contributed by atoms with van der Waals surface area (Å²) in [6, 6.07) is 9.63. The molecule has 2 saturated heterocycles. The third kappa shape index (κ3) is 2.61. The second-order valence-corrected chi connectivity index (χ2v) is 6.37. The molecule has 118 valence electrons. The summed E-state index contributed by atoms with van der Waals surface area (Å²) >= 11 is 0. The topological polar surface area (TPSA) is 45.5 Å². The number of nitrogens with one attached hydrogen (secondary N) is 1. The number of hydrogen-bond donors (Lipinski definition) is 1. The number of halogens is 1. The van der Waals surface area contributed by atoms with Crippen molar-refractivity contribution in [1.29, 1.82) is 0 Å². The standard InChI is InChI=1S/C17H20N2O2.ClH/c20-16(15-11-13-3-1-2-4-14(13)21-15)19-9-6-17(7-10-19)5-8-18-12-17;/h1-4,11,18H,5-10,12H2;1H. The highest BCUT2D eigenvalue weighted by Gasteiger charge is 2.38. The summed E-state index contributed by atoms with van der Waals surface area (Å²) in [6.07, 6.45) is 3.46. The Morgan fingerprint density at radius 1 is 1.18 bits per heavy atom. The molecule has 4 rings (SSSR count). The lowest BCUT2D eigenvalue weighted by molar-refractivity contribution is 0.0579. The van der Waals surface area contributed by atoms with Crippen LogP contribution in [0.25, 0.3) is 11.0 Å². The number of carbonyl (C=O) groups excluding carboxylic acids is 1. The van der Waals surface area contributed by atoms with Crippen LogP contribution in [-0.4, -0.2) is 37.0 Å². The first kappa shape index (κ1) is 15.4. The quantitative estimate of drug-likeness (QED) is 0.878. The van der Waals surface area contributed by atoms with E-state index in [9.17, 15) is 4.79 Å². The molecular formula is C17H21ClN2O2. The van der Waals surface area contributed by atoms with Gasteiger partial charge < -0.3 is 14.6 Å². The average Bonchev–Trinajstić information content (AvgIpc) is 3.14. The summed E-state index contributed by atoms with van der Waals surface area (Å²) in [5, 5.41) is 4.45. The first-order valence-corrected chi connectivity index (χ1v) is 7.74. The van der Waals surface area contributed by atoms with Gasteiger partial charge in [-0.15, -0.1) is 12.4 Å². The third-order valence-corrected chi connectivity index (χ3v) is 5.08. The van der Waals surface area contributed by atoms with Crippen LogP contribution >= 0.6 is 12.4 Å². The first-order valence-electron chi connectivity index (χ1n) is 7.74. The fraction of sp³-hybridized carbons (Fsp3) is 0.471. The lowest BCUT2D eigenvalue weighted by Crippen LogP contribution is -2.43. The minimum atomic E-state index is 0. The smallest absolute Gasteiger partial charge is 0.289 e. The van der Waals surface area contributed by atoms with Crippen LogP contribution in [0.5, 0.6) is 0 Å². The van der Waals surface area contributed by atoms with Gasteiger partial charge in [-0.05, 0) is 43.4 Å². The summed E-state index contributed by atoms with van der Waals surface area (Å²) in [5.74, 6) is 0.503. The van der Waals surface area contributed by atoms with Gasteiger partial charge in [-0.3, -0.25) is 4.79 Å². The second-order valence-electron chi connectivity index (χ2n) is 6.37. The van der Waals surface area contributed by atoms with Crippen LogP contribution in [0.1, 0.15) is 29.8 Å². The van der Waals surface area contributed by atoms with Crippen LogP contribution in [0.2, 0.25) is 0 Å². The molecule has 2 aliphatic rings. The maximum Gasteiger partial charge on any atom is 0.289 e. The van der Waals surface area contributed by atoms with Gasteiger partial charge in [-0.2, -0.15) is 0 Å². The maximum atomic E-state index is 12.6. The zero-order valence-electron chi connectivity index (χ0n) is 12.5. The Kier molecular flexibility index (Phi) is 4.15. The molecule has 0 unspecified atom stereocenters. The van der Waals surface area contributed by atoms with Gasteiger partial charge in [0, 0.05) is 25.0 Å². The van der Waals surface area contributed by atoms with E-state index in [0.717, 1.165) is 50.0 Å². The molecule has 1 amide bonds. The Morgan fingerprint density at radius 3 is 2.64 bits per heavy atom. The molecule has 0 aliphatic carbocycles. The highest BCUT2D eigenvalue weighted by molar-refractivity contribution is 5.96. The minimum absolute atomic E-state index is 0. The Hall–Kier alpha value is -1.52. The van der Waals surface area contributed by atoms with Gasteiger partial charge >= 0.3 is 0 Å². The van der Waals surface area contributed by atoms with E-state index in [2.05, 4.69) is 5.32 Å². The van der Waals surface area contributed by atoms with Gasteiger partial charge in [0.25, 0.3) is 5.91 Å². The van der Waals surface area contributed by atoms with Crippen molar-refractivity contribution in [2.75, 3.05) is 26.2 Å². The summed E-state index contributed by atoms with van der Waals surface area (Å²) < 4.78 is 5.70. The molecule has 1 N–H and O–H groups in total. The lowest BCUT2D eigenvalue weighted by Gasteiger charge is -2.38. The van der Waals surface area contributed by atoms with E-state index in [-0.39, 0.29) is 18.3 Å².